The molecule has 38 heavy (non-hydrogen) atoms. The Morgan fingerprint density at radius 3 is 2.24 bits per heavy atom. The van der Waals surface area contributed by atoms with Crippen LogP contribution in [0.5, 0.6) is 0 Å². The molecule has 2 amide bonds. The lowest BCUT2D eigenvalue weighted by Crippen LogP contribution is -2.42. The molecule has 0 radical (unpaired) electrons. The number of alkyl halides is 3. The molecule has 0 fully saturated rings. The van der Waals surface area contributed by atoms with Crippen molar-refractivity contribution < 1.29 is 32.3 Å². The zero-order valence-electron chi connectivity index (χ0n) is 20.1. The van der Waals surface area contributed by atoms with Gasteiger partial charge < -0.3 is 9.57 Å². The molecule has 0 bridgehead atoms. The van der Waals surface area contributed by atoms with Crippen LogP contribution in [0.1, 0.15) is 39.0 Å². The number of methoxy groups -OCH3 is 1. The van der Waals surface area contributed by atoms with Crippen molar-refractivity contribution in [3.05, 3.63) is 86.7 Å². The summed E-state index contributed by atoms with van der Waals surface area (Å²) >= 11 is 11.9. The number of ether oxygens (including phenoxy) is 1. The third-order valence-electron chi connectivity index (χ3n) is 5.83. The highest BCUT2D eigenvalue weighted by Gasteiger charge is 2.62. The average molecular weight is 567 g/mol. The molecule has 0 aliphatic carbocycles. The quantitative estimate of drug-likeness (QED) is 0.363. The first-order chi connectivity index (χ1) is 17.9. The van der Waals surface area contributed by atoms with Gasteiger partial charge in [-0.05, 0) is 60.9 Å². The Labute approximate surface area is 225 Å². The number of anilines is 1. The second kappa shape index (κ2) is 10.2. The lowest BCUT2D eigenvalue weighted by Gasteiger charge is -2.29. The second-order valence-electron chi connectivity index (χ2n) is 8.49. The van der Waals surface area contributed by atoms with Crippen LogP contribution in [0.15, 0.2) is 53.9 Å². The molecule has 0 spiro atoms. The lowest BCUT2D eigenvalue weighted by atomic mass is 9.86. The van der Waals surface area contributed by atoms with Gasteiger partial charge in [0.05, 0.1) is 12.8 Å². The van der Waals surface area contributed by atoms with Gasteiger partial charge in [-0.3, -0.25) is 4.79 Å². The monoisotopic (exact) mass is 566 g/mol. The standard InChI is InChI=1S/C25H19Cl2F3N4O4/c1-13-11-31-22(32-12-13)34(23(36)37-3)21(35)19-5-4-15(6-14(19)2)20-10-24(38-33-20,25(28,29)30)16-7-17(26)9-18(27)8-16/h4-9,11-12H,10H2,1-3H3. The molecule has 4 rings (SSSR count). The Kier molecular flexibility index (Phi) is 7.35. The van der Waals surface area contributed by atoms with E-state index in [0.717, 1.165) is 19.2 Å². The van der Waals surface area contributed by atoms with Gasteiger partial charge in [0, 0.05) is 40.0 Å². The van der Waals surface area contributed by atoms with Crippen LogP contribution in [-0.2, 0) is 15.2 Å². The van der Waals surface area contributed by atoms with Crippen LogP contribution in [0.2, 0.25) is 10.0 Å². The van der Waals surface area contributed by atoms with E-state index in [0.29, 0.717) is 16.0 Å². The maximum atomic E-state index is 14.3. The Balaban J connectivity index is 1.66. The van der Waals surface area contributed by atoms with E-state index in [-0.39, 0.29) is 38.4 Å². The normalized spacial score (nSPS) is 17.0. The second-order valence-corrected chi connectivity index (χ2v) is 9.36. The first kappa shape index (κ1) is 27.3. The molecular formula is C25H19Cl2F3N4O4. The fourth-order valence-corrected chi connectivity index (χ4v) is 4.42. The number of aryl methyl sites for hydroxylation is 2. The van der Waals surface area contributed by atoms with Gasteiger partial charge >= 0.3 is 12.3 Å². The van der Waals surface area contributed by atoms with Crippen molar-refractivity contribution in [2.24, 2.45) is 5.16 Å². The summed E-state index contributed by atoms with van der Waals surface area (Å²) in [5, 5.41) is 3.76. The van der Waals surface area contributed by atoms with Crippen LogP contribution in [0.25, 0.3) is 0 Å². The zero-order chi connectivity index (χ0) is 27.8. The maximum absolute atomic E-state index is 14.3. The van der Waals surface area contributed by atoms with Crippen molar-refractivity contribution >= 4 is 46.9 Å². The number of hydrogen-bond donors (Lipinski definition) is 0. The third kappa shape index (κ3) is 5.03. The minimum atomic E-state index is -4.85. The molecule has 1 aliphatic rings. The number of carbonyl (C=O) groups excluding carboxylic acids is 2. The molecule has 13 heteroatoms. The number of carbonyl (C=O) groups is 2. The Bertz CT molecular complexity index is 1430. The number of aromatic nitrogens is 2. The Morgan fingerprint density at radius 1 is 1.05 bits per heavy atom. The van der Waals surface area contributed by atoms with Crippen molar-refractivity contribution in [3.8, 4) is 0 Å². The number of benzene rings is 2. The maximum Gasteiger partial charge on any atom is 0.435 e. The molecular weight excluding hydrogens is 548 g/mol. The highest BCUT2D eigenvalue weighted by molar-refractivity contribution is 6.34. The number of nitrogens with zero attached hydrogens (tertiary/aromatic N) is 4. The lowest BCUT2D eigenvalue weighted by molar-refractivity contribution is -0.275. The van der Waals surface area contributed by atoms with Crippen LogP contribution in [0, 0.1) is 13.8 Å². The molecule has 0 N–H and O–H groups in total. The minimum Gasteiger partial charge on any atom is -0.452 e. The van der Waals surface area contributed by atoms with E-state index in [1.54, 1.807) is 13.8 Å². The van der Waals surface area contributed by atoms with Crippen molar-refractivity contribution in [1.82, 2.24) is 9.97 Å². The number of hydrogen-bond acceptors (Lipinski definition) is 7. The van der Waals surface area contributed by atoms with E-state index in [1.165, 1.54) is 36.7 Å². The van der Waals surface area contributed by atoms with Crippen LogP contribution >= 0.6 is 23.2 Å². The molecule has 1 aliphatic heterocycles. The zero-order valence-corrected chi connectivity index (χ0v) is 21.6. The van der Waals surface area contributed by atoms with Gasteiger partial charge in [0.25, 0.3) is 11.5 Å². The van der Waals surface area contributed by atoms with Gasteiger partial charge in [-0.1, -0.05) is 34.4 Å². The summed E-state index contributed by atoms with van der Waals surface area (Å²) in [7, 11) is 1.10. The summed E-state index contributed by atoms with van der Waals surface area (Å²) in [6.45, 7) is 3.30. The summed E-state index contributed by atoms with van der Waals surface area (Å²) in [5.74, 6) is -0.979. The summed E-state index contributed by atoms with van der Waals surface area (Å²) in [4.78, 5) is 39.4. The van der Waals surface area contributed by atoms with Gasteiger partial charge in [-0.2, -0.15) is 18.1 Å². The molecule has 1 aromatic heterocycles. The molecule has 2 aromatic carbocycles. The Morgan fingerprint density at radius 2 is 1.68 bits per heavy atom. The first-order valence-electron chi connectivity index (χ1n) is 11.0. The van der Waals surface area contributed by atoms with Crippen LogP contribution in [0.4, 0.5) is 23.9 Å². The van der Waals surface area contributed by atoms with E-state index >= 15 is 0 Å². The molecule has 0 saturated heterocycles. The van der Waals surface area contributed by atoms with Gasteiger partial charge in [-0.15, -0.1) is 0 Å². The van der Waals surface area contributed by atoms with E-state index in [1.807, 2.05) is 0 Å². The molecule has 3 aromatic rings. The highest BCUT2D eigenvalue weighted by Crippen LogP contribution is 2.49. The molecule has 198 valence electrons. The van der Waals surface area contributed by atoms with Crippen molar-refractivity contribution in [1.29, 1.82) is 0 Å². The SMILES string of the molecule is COC(=O)N(C(=O)c1ccc(C2=NOC(c3cc(Cl)cc(Cl)c3)(C(F)(F)F)C2)cc1C)c1ncc(C)cn1. The summed E-state index contributed by atoms with van der Waals surface area (Å²) < 4.78 is 47.6. The summed E-state index contributed by atoms with van der Waals surface area (Å²) in [5.41, 5.74) is -1.68. The van der Waals surface area contributed by atoms with Crippen LogP contribution in [0.3, 0.4) is 0 Å². The average Bonchev–Trinajstić information content (AvgIpc) is 3.32. The van der Waals surface area contributed by atoms with Gasteiger partial charge in [-0.25, -0.2) is 14.8 Å². The van der Waals surface area contributed by atoms with Crippen molar-refractivity contribution in [3.63, 3.8) is 0 Å². The number of amides is 2. The smallest absolute Gasteiger partial charge is 0.435 e. The van der Waals surface area contributed by atoms with E-state index in [2.05, 4.69) is 15.1 Å². The number of halogens is 5. The number of imide groups is 1. The molecule has 2 heterocycles. The first-order valence-corrected chi connectivity index (χ1v) is 11.7. The van der Waals surface area contributed by atoms with Gasteiger partial charge in [0.15, 0.2) is 0 Å². The number of rotatable bonds is 4. The summed E-state index contributed by atoms with van der Waals surface area (Å²) in [6, 6.07) is 7.81. The fraction of sp³-hybridized carbons (Fsp3) is 0.240. The molecule has 8 nitrogen and oxygen atoms in total. The third-order valence-corrected chi connectivity index (χ3v) is 6.27. The van der Waals surface area contributed by atoms with Crippen molar-refractivity contribution in [2.45, 2.75) is 32.0 Å². The van der Waals surface area contributed by atoms with Gasteiger partial charge in [0.1, 0.15) is 0 Å². The largest absolute Gasteiger partial charge is 0.452 e. The minimum absolute atomic E-state index is 0.00721. The van der Waals surface area contributed by atoms with E-state index < -0.39 is 30.2 Å². The predicted octanol–water partition coefficient (Wildman–Crippen LogP) is 6.40. The Hall–Kier alpha value is -3.70. The molecule has 0 saturated carbocycles. The predicted molar refractivity (Wildman–Crippen MR) is 134 cm³/mol. The highest BCUT2D eigenvalue weighted by atomic mass is 35.5. The van der Waals surface area contributed by atoms with Crippen LogP contribution in [-0.4, -0.2) is 41.0 Å². The van der Waals surface area contributed by atoms with E-state index in [9.17, 15) is 22.8 Å². The topological polar surface area (TPSA) is 94.0 Å². The summed E-state index contributed by atoms with van der Waals surface area (Å²) in [6.07, 6.45) is -3.66. The van der Waals surface area contributed by atoms with Crippen molar-refractivity contribution in [2.75, 3.05) is 12.0 Å². The fourth-order valence-electron chi connectivity index (χ4n) is 3.90. The van der Waals surface area contributed by atoms with Crippen LogP contribution < -0.4 is 4.90 Å². The van der Waals surface area contributed by atoms with E-state index in [4.69, 9.17) is 32.8 Å². The number of oxime groups is 1. The molecule has 1 unspecified atom stereocenters. The van der Waals surface area contributed by atoms with Gasteiger partial charge in [0.2, 0.25) is 5.95 Å². The molecule has 1 atom stereocenters.